The van der Waals surface area contributed by atoms with Crippen molar-refractivity contribution in [1.82, 2.24) is 4.90 Å². The van der Waals surface area contributed by atoms with Gasteiger partial charge in [-0.3, -0.25) is 9.89 Å². The second-order valence-corrected chi connectivity index (χ2v) is 6.87. The fraction of sp³-hybridized carbons (Fsp3) is 0.762. The minimum absolute atomic E-state index is 0.724. The van der Waals surface area contributed by atoms with Crippen molar-refractivity contribution < 1.29 is 0 Å². The summed E-state index contributed by atoms with van der Waals surface area (Å²) in [4.78, 5) is 6.81. The van der Waals surface area contributed by atoms with Crippen molar-refractivity contribution in [3.05, 3.63) is 24.9 Å². The number of aliphatic imine (C=N–C) groups is 1. The van der Waals surface area contributed by atoms with Gasteiger partial charge in [0, 0.05) is 18.8 Å². The summed E-state index contributed by atoms with van der Waals surface area (Å²) >= 11 is 0. The van der Waals surface area contributed by atoms with Crippen LogP contribution in [0.25, 0.3) is 0 Å². The molecule has 1 aliphatic carbocycles. The molecule has 1 fully saturated rings. The lowest BCUT2D eigenvalue weighted by Gasteiger charge is -2.33. The average molecular weight is 323 g/mol. The van der Waals surface area contributed by atoms with Gasteiger partial charge in [0.05, 0.1) is 5.71 Å². The highest BCUT2D eigenvalue weighted by atomic mass is 15.1. The molecule has 0 aromatic carbocycles. The maximum Gasteiger partial charge on any atom is 0.0537 e. The first-order valence-electron chi connectivity index (χ1n) is 9.41. The molecule has 2 heteroatoms. The zero-order valence-corrected chi connectivity index (χ0v) is 17.1. The molecule has 0 unspecified atom stereocenters. The summed E-state index contributed by atoms with van der Waals surface area (Å²) in [6.45, 7) is 19.6. The summed E-state index contributed by atoms with van der Waals surface area (Å²) < 4.78 is 0. The summed E-state index contributed by atoms with van der Waals surface area (Å²) in [5.41, 5.74) is 1.06. The molecule has 1 saturated carbocycles. The summed E-state index contributed by atoms with van der Waals surface area (Å²) in [7, 11) is 2.20. The normalized spacial score (nSPS) is 21.6. The lowest BCUT2D eigenvalue weighted by molar-refractivity contribution is 0.189. The molecule has 0 atom stereocenters. The fourth-order valence-electron chi connectivity index (χ4n) is 2.40. The minimum atomic E-state index is 0.724. The van der Waals surface area contributed by atoms with Crippen LogP contribution in [0.4, 0.5) is 0 Å². The van der Waals surface area contributed by atoms with Gasteiger partial charge in [-0.25, -0.2) is 0 Å². The van der Waals surface area contributed by atoms with Crippen LogP contribution in [0.3, 0.4) is 0 Å². The molecule has 0 spiro atoms. The zero-order chi connectivity index (χ0) is 18.3. The number of allylic oxidation sites excluding steroid dienone is 1. The Morgan fingerprint density at radius 1 is 1.17 bits per heavy atom. The molecule has 0 aromatic rings. The maximum atomic E-state index is 4.39. The topological polar surface area (TPSA) is 15.6 Å². The van der Waals surface area contributed by atoms with Gasteiger partial charge < -0.3 is 0 Å². The fourth-order valence-corrected chi connectivity index (χ4v) is 2.40. The van der Waals surface area contributed by atoms with Crippen molar-refractivity contribution in [2.24, 2.45) is 16.8 Å². The van der Waals surface area contributed by atoms with Gasteiger partial charge in [0.1, 0.15) is 0 Å². The Balaban J connectivity index is 0. The molecule has 23 heavy (non-hydrogen) atoms. The molecule has 1 rings (SSSR count). The first-order chi connectivity index (χ1) is 10.9. The summed E-state index contributed by atoms with van der Waals surface area (Å²) in [6, 6.07) is 0.724. The number of hydrogen-bond acceptors (Lipinski definition) is 2. The van der Waals surface area contributed by atoms with Crippen molar-refractivity contribution in [2.75, 3.05) is 13.6 Å². The van der Waals surface area contributed by atoms with Gasteiger partial charge in [0.25, 0.3) is 0 Å². The second kappa shape index (κ2) is 16.0. The molecule has 0 amide bonds. The van der Waals surface area contributed by atoms with Crippen LogP contribution < -0.4 is 0 Å². The van der Waals surface area contributed by atoms with Crippen LogP contribution in [0.2, 0.25) is 0 Å². The van der Waals surface area contributed by atoms with E-state index in [1.54, 1.807) is 0 Å². The van der Waals surface area contributed by atoms with Crippen molar-refractivity contribution in [3.63, 3.8) is 0 Å². The van der Waals surface area contributed by atoms with Crippen molar-refractivity contribution >= 4 is 5.71 Å². The molecule has 2 nitrogen and oxygen atoms in total. The van der Waals surface area contributed by atoms with Crippen LogP contribution in [0.1, 0.15) is 74.1 Å². The molecule has 136 valence electrons. The first kappa shape index (κ1) is 24.4. The van der Waals surface area contributed by atoms with E-state index in [4.69, 9.17) is 0 Å². The number of hydrogen-bond donors (Lipinski definition) is 0. The Hall–Kier alpha value is -0.890. The Bertz CT molecular complexity index is 318. The second-order valence-electron chi connectivity index (χ2n) is 6.87. The van der Waals surface area contributed by atoms with E-state index in [1.807, 2.05) is 39.1 Å². The van der Waals surface area contributed by atoms with Crippen LogP contribution in [0, 0.1) is 11.8 Å². The first-order valence-corrected chi connectivity index (χ1v) is 9.41. The highest BCUT2D eigenvalue weighted by molar-refractivity contribution is 5.96. The average Bonchev–Trinajstić information content (AvgIpc) is 2.53. The quantitative estimate of drug-likeness (QED) is 0.539. The maximum absolute atomic E-state index is 4.39. The molecular weight excluding hydrogens is 280 g/mol. The largest absolute Gasteiger partial charge is 0.298 e. The van der Waals surface area contributed by atoms with E-state index in [9.17, 15) is 0 Å². The van der Waals surface area contributed by atoms with Crippen LogP contribution in [0.5, 0.6) is 0 Å². The predicted octanol–water partition coefficient (Wildman–Crippen LogP) is 6.35. The lowest BCUT2D eigenvalue weighted by atomic mass is 9.87. The molecule has 0 saturated heterocycles. The highest BCUT2D eigenvalue weighted by Gasteiger charge is 2.21. The molecule has 0 aromatic heterocycles. The van der Waals surface area contributed by atoms with Gasteiger partial charge in [0.2, 0.25) is 0 Å². The van der Waals surface area contributed by atoms with Gasteiger partial charge in [-0.2, -0.15) is 0 Å². The molecule has 0 bridgehead atoms. The van der Waals surface area contributed by atoms with Crippen LogP contribution in [-0.4, -0.2) is 30.2 Å². The summed E-state index contributed by atoms with van der Waals surface area (Å²) in [6.07, 6.45) is 11.0. The van der Waals surface area contributed by atoms with Gasteiger partial charge in [-0.05, 0) is 57.6 Å². The third kappa shape index (κ3) is 14.4. The lowest BCUT2D eigenvalue weighted by Crippen LogP contribution is -2.37. The SMILES string of the molecule is C=CC(CN(C)C1CCC(C)CC1)=N/C=C\C.CC.CC(C)C. The van der Waals surface area contributed by atoms with Gasteiger partial charge >= 0.3 is 0 Å². The summed E-state index contributed by atoms with van der Waals surface area (Å²) in [5, 5.41) is 0. The van der Waals surface area contributed by atoms with Gasteiger partial charge in [-0.15, -0.1) is 0 Å². The monoisotopic (exact) mass is 322 g/mol. The predicted molar refractivity (Wildman–Crippen MR) is 108 cm³/mol. The van der Waals surface area contributed by atoms with Gasteiger partial charge in [-0.1, -0.05) is 54.2 Å². The smallest absolute Gasteiger partial charge is 0.0537 e. The van der Waals surface area contributed by atoms with E-state index in [0.717, 1.165) is 30.1 Å². The Morgan fingerprint density at radius 3 is 2.04 bits per heavy atom. The van der Waals surface area contributed by atoms with E-state index in [1.165, 1.54) is 25.7 Å². The Morgan fingerprint density at radius 2 is 1.65 bits per heavy atom. The Labute approximate surface area is 146 Å². The van der Waals surface area contributed by atoms with Crippen molar-refractivity contribution in [3.8, 4) is 0 Å². The van der Waals surface area contributed by atoms with E-state index in [0.29, 0.717) is 0 Å². The Kier molecular flexibility index (Phi) is 16.9. The molecule has 1 aliphatic rings. The zero-order valence-electron chi connectivity index (χ0n) is 17.1. The molecule has 0 N–H and O–H groups in total. The van der Waals surface area contributed by atoms with Gasteiger partial charge in [0.15, 0.2) is 0 Å². The van der Waals surface area contributed by atoms with Crippen molar-refractivity contribution in [1.29, 1.82) is 0 Å². The molecule has 0 aliphatic heterocycles. The third-order valence-corrected chi connectivity index (χ3v) is 3.65. The molecular formula is C21H42N2. The standard InChI is InChI=1S/C15H26N2.C4H10.C2H6/c1-5-11-16-14(6-2)12-17(4)15-9-7-13(3)8-10-15;1-4(2)3;1-2/h5-6,11,13,15H,2,7-10,12H2,1,3-4H3;4H,1-3H3;1-2H3/b11-5-,16-14?;;. The van der Waals surface area contributed by atoms with E-state index < -0.39 is 0 Å². The minimum Gasteiger partial charge on any atom is -0.298 e. The van der Waals surface area contributed by atoms with Crippen LogP contribution in [-0.2, 0) is 0 Å². The highest BCUT2D eigenvalue weighted by Crippen LogP contribution is 2.26. The van der Waals surface area contributed by atoms with Crippen molar-refractivity contribution in [2.45, 2.75) is 80.2 Å². The molecule has 0 radical (unpaired) electrons. The van der Waals surface area contributed by atoms with E-state index in [2.05, 4.69) is 51.2 Å². The van der Waals surface area contributed by atoms with E-state index in [-0.39, 0.29) is 0 Å². The third-order valence-electron chi connectivity index (χ3n) is 3.65. The number of nitrogens with zero attached hydrogens (tertiary/aromatic N) is 2. The summed E-state index contributed by atoms with van der Waals surface area (Å²) in [5.74, 6) is 1.75. The van der Waals surface area contributed by atoms with E-state index >= 15 is 0 Å². The number of rotatable bonds is 5. The van der Waals surface area contributed by atoms with Crippen LogP contribution >= 0.6 is 0 Å². The van der Waals surface area contributed by atoms with Crippen LogP contribution in [0.15, 0.2) is 29.9 Å². The molecule has 0 heterocycles.